The lowest BCUT2D eigenvalue weighted by atomic mass is 10.1. The minimum atomic E-state index is -0.527. The van der Waals surface area contributed by atoms with E-state index < -0.39 is 12.1 Å². The number of carbonyl (C=O) groups excluding carboxylic acids is 1. The van der Waals surface area contributed by atoms with E-state index in [1.54, 1.807) is 12.3 Å². The average Bonchev–Trinajstić information content (AvgIpc) is 3.13. The van der Waals surface area contributed by atoms with Crippen LogP contribution >= 0.6 is 0 Å². The molecule has 0 radical (unpaired) electrons. The Balaban J connectivity index is 1.45. The van der Waals surface area contributed by atoms with Crippen molar-refractivity contribution in [2.45, 2.75) is 31.7 Å². The number of nitrogens with zero attached hydrogens (tertiary/aromatic N) is 4. The molecule has 1 aromatic carbocycles. The number of hydrogen-bond acceptors (Lipinski definition) is 7. The molecule has 2 aliphatic rings. The van der Waals surface area contributed by atoms with Crippen molar-refractivity contribution in [2.75, 3.05) is 6.61 Å². The molecule has 0 fully saturated rings. The third-order valence-corrected chi connectivity index (χ3v) is 5.03. The lowest BCUT2D eigenvalue weighted by Crippen LogP contribution is -2.49. The van der Waals surface area contributed by atoms with Gasteiger partial charge in [-0.05, 0) is 30.7 Å². The van der Waals surface area contributed by atoms with Gasteiger partial charge in [-0.25, -0.2) is 9.97 Å². The summed E-state index contributed by atoms with van der Waals surface area (Å²) in [7, 11) is 0. The summed E-state index contributed by atoms with van der Waals surface area (Å²) in [4.78, 5) is 27.6. The van der Waals surface area contributed by atoms with Crippen LogP contribution < -0.4 is 5.32 Å². The molecule has 0 saturated carbocycles. The van der Waals surface area contributed by atoms with E-state index in [2.05, 4.69) is 20.3 Å². The van der Waals surface area contributed by atoms with Crippen LogP contribution in [0.15, 0.2) is 78.0 Å². The standard InChI is InChI=1S/C22H23N5O3/c1-15-20(22(29)26-18(12-28)16-6-3-2-4-7-16)27-11-5-8-19(21(27)25-15)30-13-17-9-10-23-14-24-17/h2-11,14-15,18,20,28H,12-13H2,1H3,(H,26,29)/t15?,18-,20?/m0/s1. The van der Waals surface area contributed by atoms with E-state index >= 15 is 0 Å². The largest absolute Gasteiger partial charge is 0.483 e. The van der Waals surface area contributed by atoms with E-state index in [1.807, 2.05) is 60.5 Å². The number of hydrogen-bond donors (Lipinski definition) is 2. The van der Waals surface area contributed by atoms with Gasteiger partial charge in [0.15, 0.2) is 11.6 Å². The quantitative estimate of drug-likeness (QED) is 0.728. The van der Waals surface area contributed by atoms with E-state index in [1.165, 1.54) is 6.33 Å². The van der Waals surface area contributed by atoms with Crippen LogP contribution in [-0.4, -0.2) is 50.4 Å². The number of aliphatic hydroxyl groups excluding tert-OH is 1. The van der Waals surface area contributed by atoms with Gasteiger partial charge in [0.1, 0.15) is 19.0 Å². The Morgan fingerprint density at radius 2 is 2.13 bits per heavy atom. The van der Waals surface area contributed by atoms with Gasteiger partial charge in [0.2, 0.25) is 5.91 Å². The summed E-state index contributed by atoms with van der Waals surface area (Å²) in [6, 6.07) is 9.91. The number of carbonyl (C=O) groups is 1. The van der Waals surface area contributed by atoms with Crippen LogP contribution in [-0.2, 0) is 16.1 Å². The number of benzene rings is 1. The van der Waals surface area contributed by atoms with E-state index in [9.17, 15) is 9.90 Å². The maximum atomic E-state index is 13.1. The van der Waals surface area contributed by atoms with Crippen molar-refractivity contribution >= 4 is 11.7 Å². The average molecular weight is 405 g/mol. The number of fused-ring (bicyclic) bond motifs is 1. The molecule has 30 heavy (non-hydrogen) atoms. The maximum absolute atomic E-state index is 13.1. The third kappa shape index (κ3) is 4.08. The summed E-state index contributed by atoms with van der Waals surface area (Å²) >= 11 is 0. The van der Waals surface area contributed by atoms with Crippen LogP contribution in [0.1, 0.15) is 24.2 Å². The zero-order chi connectivity index (χ0) is 20.9. The molecule has 0 saturated heterocycles. The SMILES string of the molecule is CC1N=C2C(OCc3ccncn3)=CC=CN2C1C(=O)N[C@@H](CO)c1ccccc1. The van der Waals surface area contributed by atoms with Gasteiger partial charge in [0, 0.05) is 12.4 Å². The van der Waals surface area contributed by atoms with E-state index in [0.717, 1.165) is 11.3 Å². The molecule has 0 spiro atoms. The smallest absolute Gasteiger partial charge is 0.245 e. The number of aromatic nitrogens is 2. The highest BCUT2D eigenvalue weighted by Gasteiger charge is 2.41. The minimum absolute atomic E-state index is 0.187. The van der Waals surface area contributed by atoms with Gasteiger partial charge >= 0.3 is 0 Å². The highest BCUT2D eigenvalue weighted by Crippen LogP contribution is 2.27. The van der Waals surface area contributed by atoms with Crippen LogP contribution in [0, 0.1) is 0 Å². The molecule has 8 nitrogen and oxygen atoms in total. The molecule has 2 aromatic rings. The van der Waals surface area contributed by atoms with Crippen molar-refractivity contribution in [3.05, 3.63) is 84.3 Å². The summed E-state index contributed by atoms with van der Waals surface area (Å²) in [5, 5.41) is 12.7. The molecule has 3 atom stereocenters. The van der Waals surface area contributed by atoms with E-state index in [4.69, 9.17) is 4.74 Å². The summed E-state index contributed by atoms with van der Waals surface area (Å²) < 4.78 is 5.91. The highest BCUT2D eigenvalue weighted by molar-refractivity contribution is 6.03. The van der Waals surface area contributed by atoms with Crippen molar-refractivity contribution in [1.82, 2.24) is 20.2 Å². The third-order valence-electron chi connectivity index (χ3n) is 5.03. The van der Waals surface area contributed by atoms with Crippen molar-refractivity contribution in [2.24, 2.45) is 4.99 Å². The monoisotopic (exact) mass is 405 g/mol. The molecule has 1 aromatic heterocycles. The minimum Gasteiger partial charge on any atom is -0.483 e. The van der Waals surface area contributed by atoms with Crippen LogP contribution in [0.4, 0.5) is 0 Å². The fourth-order valence-electron chi connectivity index (χ4n) is 3.54. The Morgan fingerprint density at radius 3 is 2.87 bits per heavy atom. The molecule has 0 aliphatic carbocycles. The molecular weight excluding hydrogens is 382 g/mol. The Morgan fingerprint density at radius 1 is 1.30 bits per heavy atom. The number of aliphatic imine (C=N–C) groups is 1. The first-order valence-corrected chi connectivity index (χ1v) is 9.76. The number of allylic oxidation sites excluding steroid dienone is 2. The number of nitrogens with one attached hydrogen (secondary N) is 1. The molecule has 3 heterocycles. The highest BCUT2D eigenvalue weighted by atomic mass is 16.5. The fraction of sp³-hybridized carbons (Fsp3) is 0.273. The maximum Gasteiger partial charge on any atom is 0.245 e. The molecular formula is C22H23N5O3. The van der Waals surface area contributed by atoms with Gasteiger partial charge in [-0.15, -0.1) is 0 Å². The Hall–Kier alpha value is -3.52. The van der Waals surface area contributed by atoms with Crippen molar-refractivity contribution < 1.29 is 14.6 Å². The summed E-state index contributed by atoms with van der Waals surface area (Å²) in [5.41, 5.74) is 1.60. The molecule has 154 valence electrons. The zero-order valence-corrected chi connectivity index (χ0v) is 16.5. The zero-order valence-electron chi connectivity index (χ0n) is 16.5. The van der Waals surface area contributed by atoms with Crippen LogP contribution in [0.3, 0.4) is 0 Å². The van der Waals surface area contributed by atoms with Crippen molar-refractivity contribution in [3.8, 4) is 0 Å². The van der Waals surface area contributed by atoms with Gasteiger partial charge in [-0.2, -0.15) is 0 Å². The Kier molecular flexibility index (Phi) is 5.85. The predicted molar refractivity (Wildman–Crippen MR) is 111 cm³/mol. The first kappa shape index (κ1) is 19.8. The normalized spacial score (nSPS) is 20.8. The van der Waals surface area contributed by atoms with Gasteiger partial charge in [0.05, 0.1) is 24.4 Å². The second-order valence-corrected chi connectivity index (χ2v) is 7.06. The van der Waals surface area contributed by atoms with Crippen molar-refractivity contribution in [1.29, 1.82) is 0 Å². The van der Waals surface area contributed by atoms with Gasteiger partial charge in [-0.3, -0.25) is 9.79 Å². The Labute approximate surface area is 174 Å². The van der Waals surface area contributed by atoms with Crippen LogP contribution in [0.5, 0.6) is 0 Å². The van der Waals surface area contributed by atoms with E-state index in [-0.39, 0.29) is 25.2 Å². The molecule has 2 N–H and O–H groups in total. The second kappa shape index (κ2) is 8.87. The lowest BCUT2D eigenvalue weighted by Gasteiger charge is -2.29. The number of amidine groups is 1. The first-order valence-electron chi connectivity index (χ1n) is 9.76. The topological polar surface area (TPSA) is 99.9 Å². The molecule has 0 bridgehead atoms. The number of aliphatic hydroxyl groups is 1. The Bertz CT molecular complexity index is 975. The molecule has 2 aliphatic heterocycles. The molecule has 4 rings (SSSR count). The number of amides is 1. The second-order valence-electron chi connectivity index (χ2n) is 7.06. The number of rotatable bonds is 7. The van der Waals surface area contributed by atoms with Gasteiger partial charge < -0.3 is 20.1 Å². The van der Waals surface area contributed by atoms with Crippen LogP contribution in [0.2, 0.25) is 0 Å². The van der Waals surface area contributed by atoms with E-state index in [0.29, 0.717) is 11.6 Å². The fourth-order valence-corrected chi connectivity index (χ4v) is 3.54. The molecule has 8 heteroatoms. The summed E-state index contributed by atoms with van der Waals surface area (Å²) in [5.74, 6) is 0.991. The summed E-state index contributed by atoms with van der Waals surface area (Å²) in [6.07, 6.45) is 8.60. The predicted octanol–water partition coefficient (Wildman–Crippen LogP) is 1.73. The first-order chi connectivity index (χ1) is 14.7. The van der Waals surface area contributed by atoms with Gasteiger partial charge in [-0.1, -0.05) is 30.3 Å². The summed E-state index contributed by atoms with van der Waals surface area (Å²) in [6.45, 7) is 1.98. The van der Waals surface area contributed by atoms with Gasteiger partial charge in [0.25, 0.3) is 0 Å². The number of ether oxygens (including phenoxy) is 1. The van der Waals surface area contributed by atoms with Crippen molar-refractivity contribution in [3.63, 3.8) is 0 Å². The molecule has 1 amide bonds. The lowest BCUT2D eigenvalue weighted by molar-refractivity contribution is -0.125. The van der Waals surface area contributed by atoms with Crippen LogP contribution in [0.25, 0.3) is 0 Å². The molecule has 2 unspecified atom stereocenters.